The van der Waals surface area contributed by atoms with Gasteiger partial charge in [0.1, 0.15) is 38.4 Å². The van der Waals surface area contributed by atoms with Crippen molar-refractivity contribution >= 4 is 74.1 Å². The van der Waals surface area contributed by atoms with Crippen LogP contribution in [-0.2, 0) is 66.5 Å². The van der Waals surface area contributed by atoms with Crippen LogP contribution < -0.4 is 94.1 Å². The summed E-state index contributed by atoms with van der Waals surface area (Å²) in [6.45, 7) is -0.924. The van der Waals surface area contributed by atoms with Crippen molar-refractivity contribution in [2.24, 2.45) is 15.3 Å². The number of hydrogen-bond donors (Lipinski definition) is 6. The summed E-state index contributed by atoms with van der Waals surface area (Å²) in [6.07, 6.45) is 1.54. The van der Waals surface area contributed by atoms with Gasteiger partial charge in [-0.05, 0) is 36.4 Å². The molecule has 27 heteroatoms. The standard InChI is InChI=1S/C24H20N4O15S4.Cu.3Na/c29-20-5-4-14(44(32,33)7-6-43-47(40,41)42)10-17(20)27-28-19-11-18(21(30)12-22(19)31)26-25-13-8-16-15(24(9-13)46(37,38)39)2-1-3-23(16)45(34,35)36;;;;/h1-5,8-12,25,29,31H,6-7H2,(H,34,35,36)(H,37,38,39)(H,40,41,42);;;;/q;;3*+1/b26-18+,28-27?;;;;. The van der Waals surface area contributed by atoms with Crippen molar-refractivity contribution in [1.82, 2.24) is 0 Å². The summed E-state index contributed by atoms with van der Waals surface area (Å²) < 4.78 is 126. The number of anilines is 1. The second-order valence-electron chi connectivity index (χ2n) is 9.23. The second kappa shape index (κ2) is 19.5. The summed E-state index contributed by atoms with van der Waals surface area (Å²) in [4.78, 5) is 10.6. The number of fused-ring (bicyclic) bond motifs is 1. The van der Waals surface area contributed by atoms with E-state index in [9.17, 15) is 57.8 Å². The predicted octanol–water partition coefficient (Wildman–Crippen LogP) is -6.90. The Hall–Kier alpha value is -1.10. The van der Waals surface area contributed by atoms with Crippen LogP contribution in [0, 0.1) is 0 Å². The van der Waals surface area contributed by atoms with Gasteiger partial charge < -0.3 is 10.2 Å². The number of carbonyl (C=O) groups is 1. The molecule has 0 bridgehead atoms. The van der Waals surface area contributed by atoms with Gasteiger partial charge in [0.2, 0.25) is 5.78 Å². The number of hydrogen-bond acceptors (Lipinski definition) is 16. The fourth-order valence-electron chi connectivity index (χ4n) is 3.92. The molecule has 1 aliphatic rings. The number of nitrogens with one attached hydrogen (secondary N) is 1. The Bertz CT molecular complexity index is 2410. The number of phenolic OH excluding ortho intramolecular Hbond substituents is 1. The quantitative estimate of drug-likeness (QED) is 0.0343. The van der Waals surface area contributed by atoms with Crippen molar-refractivity contribution in [2.75, 3.05) is 17.8 Å². The van der Waals surface area contributed by atoms with Crippen LogP contribution in [-0.4, -0.2) is 81.4 Å². The van der Waals surface area contributed by atoms with Crippen LogP contribution in [0.3, 0.4) is 0 Å². The minimum Gasteiger partial charge on any atom is -0.506 e. The Morgan fingerprint density at radius 3 is 1.96 bits per heavy atom. The first-order chi connectivity index (χ1) is 21.7. The second-order valence-corrected chi connectivity index (χ2v) is 15.2. The van der Waals surface area contributed by atoms with Crippen molar-refractivity contribution in [3.8, 4) is 5.75 Å². The monoisotopic (exact) mass is 864 g/mol. The molecule has 0 fully saturated rings. The molecule has 0 saturated heterocycles. The van der Waals surface area contributed by atoms with Gasteiger partial charge in [0, 0.05) is 40.0 Å². The van der Waals surface area contributed by atoms with Crippen LogP contribution in [0.15, 0.2) is 102 Å². The molecule has 6 N–H and O–H groups in total. The van der Waals surface area contributed by atoms with Gasteiger partial charge in [0.25, 0.3) is 20.2 Å². The summed E-state index contributed by atoms with van der Waals surface area (Å²) in [5.41, 5.74) is 0.668. The van der Waals surface area contributed by atoms with Crippen LogP contribution >= 0.6 is 0 Å². The van der Waals surface area contributed by atoms with E-state index in [0.717, 1.165) is 48.5 Å². The van der Waals surface area contributed by atoms with E-state index in [1.54, 1.807) is 0 Å². The Morgan fingerprint density at radius 2 is 1.37 bits per heavy atom. The SMILES string of the molecule is O=C1C=C(O)C(N=Nc2cc(S(=O)(=O)CCOS(=O)(=O)O)ccc2O)=C/C1=N\Nc1cc(S(=O)(=O)O)c2cccc(S(=O)(=O)O)c2c1.[Cu].[Na+].[Na+].[Na+]. The fourth-order valence-corrected chi connectivity index (χ4v) is 6.85. The van der Waals surface area contributed by atoms with Crippen molar-refractivity contribution in [3.05, 3.63) is 72.1 Å². The van der Waals surface area contributed by atoms with Gasteiger partial charge in [0.05, 0.1) is 22.9 Å². The summed E-state index contributed by atoms with van der Waals surface area (Å²) in [7, 11) is -18.9. The van der Waals surface area contributed by atoms with E-state index in [2.05, 4.69) is 24.9 Å². The smallest absolute Gasteiger partial charge is 0.506 e. The molecular weight excluding hydrogens is 845 g/mol. The Labute approximate surface area is 367 Å². The van der Waals surface area contributed by atoms with Gasteiger partial charge in [-0.25, -0.2) is 12.6 Å². The van der Waals surface area contributed by atoms with E-state index < -0.39 is 102 Å². The zero-order chi connectivity index (χ0) is 34.9. The van der Waals surface area contributed by atoms with Gasteiger partial charge in [-0.15, -0.1) is 10.2 Å². The summed E-state index contributed by atoms with van der Waals surface area (Å²) >= 11 is 0. The van der Waals surface area contributed by atoms with Crippen molar-refractivity contribution in [1.29, 1.82) is 0 Å². The molecule has 1 aliphatic carbocycles. The molecule has 0 aliphatic heterocycles. The zero-order valence-electron chi connectivity index (χ0n) is 26.3. The number of aliphatic hydroxyl groups excluding tert-OH is 1. The molecule has 261 valence electrons. The van der Waals surface area contributed by atoms with Crippen LogP contribution in [0.5, 0.6) is 5.75 Å². The fraction of sp³-hybridized carbons (Fsp3) is 0.0833. The molecule has 0 heterocycles. The molecule has 0 saturated carbocycles. The van der Waals surface area contributed by atoms with Gasteiger partial charge in [0.15, 0.2) is 9.84 Å². The molecule has 0 aromatic heterocycles. The third-order valence-electron chi connectivity index (χ3n) is 5.99. The number of aromatic hydroxyl groups is 1. The first-order valence-electron chi connectivity index (χ1n) is 12.3. The molecule has 51 heavy (non-hydrogen) atoms. The van der Waals surface area contributed by atoms with Gasteiger partial charge in [-0.2, -0.15) is 30.4 Å². The number of aliphatic hydroxyl groups is 1. The van der Waals surface area contributed by atoms with E-state index in [-0.39, 0.29) is 122 Å². The Balaban J connectivity index is 0.00000625. The number of azo groups is 1. The molecule has 3 aromatic carbocycles. The number of benzene rings is 3. The summed E-state index contributed by atoms with van der Waals surface area (Å²) in [5.74, 6) is -3.12. The number of rotatable bonds is 11. The van der Waals surface area contributed by atoms with Crippen molar-refractivity contribution < 1.29 is 172 Å². The molecular formula is C24H20CuN4Na3O15S4+3. The minimum absolute atomic E-state index is 0. The number of ketones is 1. The largest absolute Gasteiger partial charge is 1.00 e. The summed E-state index contributed by atoms with van der Waals surface area (Å²) in [5, 5.41) is 30.9. The maximum atomic E-state index is 12.5. The van der Waals surface area contributed by atoms with Crippen molar-refractivity contribution in [3.63, 3.8) is 0 Å². The predicted molar refractivity (Wildman–Crippen MR) is 161 cm³/mol. The number of sulfone groups is 1. The third-order valence-corrected chi connectivity index (χ3v) is 9.94. The van der Waals surface area contributed by atoms with Crippen LogP contribution in [0.2, 0.25) is 0 Å². The zero-order valence-corrected chi connectivity index (χ0v) is 36.5. The molecule has 1 radical (unpaired) electrons. The van der Waals surface area contributed by atoms with E-state index in [1.165, 1.54) is 6.07 Å². The van der Waals surface area contributed by atoms with Gasteiger partial charge in [-0.3, -0.25) is 23.9 Å². The molecule has 0 amide bonds. The van der Waals surface area contributed by atoms with Crippen LogP contribution in [0.25, 0.3) is 10.8 Å². The van der Waals surface area contributed by atoms with Crippen LogP contribution in [0.1, 0.15) is 0 Å². The molecule has 3 aromatic rings. The average Bonchev–Trinajstić information content (AvgIpc) is 2.94. The molecule has 0 atom stereocenters. The molecule has 0 spiro atoms. The number of allylic oxidation sites excluding steroid dienone is 2. The number of phenols is 1. The third kappa shape index (κ3) is 13.3. The number of carbonyl (C=O) groups excluding carboxylic acids is 1. The average molecular weight is 865 g/mol. The first-order valence-corrected chi connectivity index (χ1v) is 18.2. The van der Waals surface area contributed by atoms with E-state index >= 15 is 0 Å². The topological polar surface area (TPSA) is 313 Å². The number of nitrogens with zero attached hydrogens (tertiary/aromatic N) is 3. The minimum atomic E-state index is -4.96. The first kappa shape index (κ1) is 49.9. The maximum Gasteiger partial charge on any atom is 1.00 e. The number of hydrazone groups is 1. The Kier molecular flexibility index (Phi) is 19.1. The van der Waals surface area contributed by atoms with Crippen LogP contribution in [0.4, 0.5) is 11.4 Å². The van der Waals surface area contributed by atoms with E-state index in [1.807, 2.05) is 0 Å². The Morgan fingerprint density at radius 1 is 0.745 bits per heavy atom. The normalized spacial score (nSPS) is 14.4. The summed E-state index contributed by atoms with van der Waals surface area (Å²) in [6, 6.07) is 7.92. The molecule has 4 rings (SSSR count). The maximum absolute atomic E-state index is 12.5. The van der Waals surface area contributed by atoms with Crippen molar-refractivity contribution in [2.45, 2.75) is 14.7 Å². The van der Waals surface area contributed by atoms with E-state index in [0.29, 0.717) is 6.08 Å². The van der Waals surface area contributed by atoms with Gasteiger partial charge >= 0.3 is 99.1 Å². The van der Waals surface area contributed by atoms with E-state index in [4.69, 9.17) is 4.55 Å². The van der Waals surface area contributed by atoms with Gasteiger partial charge in [-0.1, -0.05) is 12.1 Å². The molecule has 19 nitrogen and oxygen atoms in total. The molecule has 0 unspecified atom stereocenters.